The van der Waals surface area contributed by atoms with E-state index in [1.807, 2.05) is 25.1 Å². The molecule has 1 aromatic rings. The average molecular weight is 191 g/mol. The molecule has 0 bridgehead atoms. The molecule has 0 aliphatic heterocycles. The van der Waals surface area contributed by atoms with Crippen LogP contribution in [-0.2, 0) is 0 Å². The van der Waals surface area contributed by atoms with Gasteiger partial charge < -0.3 is 9.47 Å². The van der Waals surface area contributed by atoms with Crippen molar-refractivity contribution in [1.29, 1.82) is 5.26 Å². The van der Waals surface area contributed by atoms with Crippen molar-refractivity contribution in [1.82, 2.24) is 0 Å². The van der Waals surface area contributed by atoms with Crippen molar-refractivity contribution in [3.8, 4) is 17.6 Å². The number of ether oxygens (including phenoxy) is 2. The fourth-order valence-corrected chi connectivity index (χ4v) is 1.01. The predicted molar refractivity (Wildman–Crippen MR) is 53.3 cm³/mol. The second-order valence-electron chi connectivity index (χ2n) is 2.79. The van der Waals surface area contributed by atoms with Crippen molar-refractivity contribution in [2.45, 2.75) is 20.0 Å². The van der Waals surface area contributed by atoms with Gasteiger partial charge in [-0.05, 0) is 38.1 Å². The van der Waals surface area contributed by atoms with E-state index in [1.165, 1.54) is 0 Å². The normalized spacial score (nSPS) is 11.5. The predicted octanol–water partition coefficient (Wildman–Crippen LogP) is 2.38. The van der Waals surface area contributed by atoms with Gasteiger partial charge in [0.05, 0.1) is 6.61 Å². The summed E-state index contributed by atoms with van der Waals surface area (Å²) >= 11 is 0. The monoisotopic (exact) mass is 191 g/mol. The summed E-state index contributed by atoms with van der Waals surface area (Å²) in [6.45, 7) is 4.29. The van der Waals surface area contributed by atoms with Crippen LogP contribution in [0, 0.1) is 11.3 Å². The molecule has 0 saturated carbocycles. The van der Waals surface area contributed by atoms with Crippen molar-refractivity contribution >= 4 is 0 Å². The molecular formula is C11H13NO2. The maximum atomic E-state index is 8.54. The summed E-state index contributed by atoms with van der Waals surface area (Å²) in [7, 11) is 0. The zero-order chi connectivity index (χ0) is 10.4. The Morgan fingerprint density at radius 3 is 2.36 bits per heavy atom. The number of nitrogens with zero attached hydrogens (tertiary/aromatic N) is 1. The van der Waals surface area contributed by atoms with Crippen molar-refractivity contribution in [3.05, 3.63) is 24.3 Å². The van der Waals surface area contributed by atoms with Crippen molar-refractivity contribution in [2.75, 3.05) is 6.61 Å². The zero-order valence-corrected chi connectivity index (χ0v) is 8.36. The standard InChI is InChI=1S/C11H13NO2/c1-3-13-10-4-6-11(7-5-10)14-9(2)8-12/h4-7,9H,3H2,1-2H3. The van der Waals surface area contributed by atoms with Gasteiger partial charge in [0, 0.05) is 0 Å². The number of benzene rings is 1. The van der Waals surface area contributed by atoms with E-state index >= 15 is 0 Å². The van der Waals surface area contributed by atoms with Gasteiger partial charge in [-0.1, -0.05) is 0 Å². The molecule has 0 aliphatic carbocycles. The summed E-state index contributed by atoms with van der Waals surface area (Å²) in [6.07, 6.45) is -0.423. The highest BCUT2D eigenvalue weighted by molar-refractivity contribution is 5.31. The number of hydrogen-bond acceptors (Lipinski definition) is 3. The number of rotatable bonds is 4. The van der Waals surface area contributed by atoms with Gasteiger partial charge in [-0.15, -0.1) is 0 Å². The summed E-state index contributed by atoms with van der Waals surface area (Å²) in [4.78, 5) is 0. The Kier molecular flexibility index (Phi) is 3.81. The van der Waals surface area contributed by atoms with Crippen molar-refractivity contribution in [2.24, 2.45) is 0 Å². The highest BCUT2D eigenvalue weighted by Crippen LogP contribution is 2.18. The van der Waals surface area contributed by atoms with Crippen LogP contribution in [0.4, 0.5) is 0 Å². The van der Waals surface area contributed by atoms with E-state index < -0.39 is 6.10 Å². The lowest BCUT2D eigenvalue weighted by Gasteiger charge is -2.08. The molecule has 1 rings (SSSR count). The Balaban J connectivity index is 2.60. The van der Waals surface area contributed by atoms with Gasteiger partial charge in [0.15, 0.2) is 6.10 Å². The van der Waals surface area contributed by atoms with Gasteiger partial charge in [0.1, 0.15) is 17.6 Å². The highest BCUT2D eigenvalue weighted by atomic mass is 16.5. The molecule has 0 heterocycles. The Bertz CT molecular complexity index is 313. The van der Waals surface area contributed by atoms with E-state index in [0.717, 1.165) is 5.75 Å². The van der Waals surface area contributed by atoms with Crippen LogP contribution in [-0.4, -0.2) is 12.7 Å². The summed E-state index contributed by atoms with van der Waals surface area (Å²) in [5, 5.41) is 8.54. The molecule has 74 valence electrons. The Morgan fingerprint density at radius 2 is 1.86 bits per heavy atom. The van der Waals surface area contributed by atoms with Gasteiger partial charge >= 0.3 is 0 Å². The molecule has 14 heavy (non-hydrogen) atoms. The molecule has 3 heteroatoms. The minimum absolute atomic E-state index is 0.423. The quantitative estimate of drug-likeness (QED) is 0.733. The van der Waals surface area contributed by atoms with E-state index in [4.69, 9.17) is 14.7 Å². The summed E-state index contributed by atoms with van der Waals surface area (Å²) in [6, 6.07) is 9.23. The summed E-state index contributed by atoms with van der Waals surface area (Å²) in [5.41, 5.74) is 0. The first kappa shape index (κ1) is 10.4. The van der Waals surface area contributed by atoms with Crippen LogP contribution in [0.15, 0.2) is 24.3 Å². The molecule has 1 atom stereocenters. The van der Waals surface area contributed by atoms with Crippen molar-refractivity contribution in [3.63, 3.8) is 0 Å². The Hall–Kier alpha value is -1.69. The van der Waals surface area contributed by atoms with Crippen LogP contribution in [0.5, 0.6) is 11.5 Å². The molecule has 0 spiro atoms. The smallest absolute Gasteiger partial charge is 0.181 e. The van der Waals surface area contributed by atoms with Gasteiger partial charge in [-0.25, -0.2) is 0 Å². The third kappa shape index (κ3) is 2.98. The third-order valence-electron chi connectivity index (χ3n) is 1.63. The van der Waals surface area contributed by atoms with Crippen LogP contribution in [0.25, 0.3) is 0 Å². The van der Waals surface area contributed by atoms with E-state index in [0.29, 0.717) is 12.4 Å². The topological polar surface area (TPSA) is 42.2 Å². The van der Waals surface area contributed by atoms with Gasteiger partial charge in [-0.3, -0.25) is 0 Å². The van der Waals surface area contributed by atoms with E-state index in [9.17, 15) is 0 Å². The summed E-state index contributed by atoms with van der Waals surface area (Å²) in [5.74, 6) is 1.49. The Labute approximate surface area is 83.9 Å². The second kappa shape index (κ2) is 5.13. The van der Waals surface area contributed by atoms with Gasteiger partial charge in [0.25, 0.3) is 0 Å². The molecule has 0 saturated heterocycles. The minimum atomic E-state index is -0.423. The van der Waals surface area contributed by atoms with Crippen LogP contribution in [0.3, 0.4) is 0 Å². The average Bonchev–Trinajstić information content (AvgIpc) is 2.21. The zero-order valence-electron chi connectivity index (χ0n) is 8.36. The maximum Gasteiger partial charge on any atom is 0.181 e. The molecule has 1 aromatic carbocycles. The van der Waals surface area contributed by atoms with Gasteiger partial charge in [-0.2, -0.15) is 5.26 Å². The van der Waals surface area contributed by atoms with Crippen LogP contribution in [0.1, 0.15) is 13.8 Å². The van der Waals surface area contributed by atoms with Crippen molar-refractivity contribution < 1.29 is 9.47 Å². The molecule has 0 aliphatic rings. The SMILES string of the molecule is CCOc1ccc(OC(C)C#N)cc1. The number of nitriles is 1. The van der Waals surface area contributed by atoms with Crippen LogP contribution in [0.2, 0.25) is 0 Å². The molecule has 1 unspecified atom stereocenters. The fourth-order valence-electron chi connectivity index (χ4n) is 1.01. The number of hydrogen-bond donors (Lipinski definition) is 0. The molecular weight excluding hydrogens is 178 g/mol. The first-order chi connectivity index (χ1) is 6.76. The van der Waals surface area contributed by atoms with Crippen LogP contribution >= 0.6 is 0 Å². The molecule has 0 radical (unpaired) electrons. The van der Waals surface area contributed by atoms with E-state index in [1.54, 1.807) is 19.1 Å². The fraction of sp³-hybridized carbons (Fsp3) is 0.364. The molecule has 0 fully saturated rings. The first-order valence-electron chi connectivity index (χ1n) is 4.55. The Morgan fingerprint density at radius 1 is 1.29 bits per heavy atom. The first-order valence-corrected chi connectivity index (χ1v) is 4.55. The molecule has 0 aromatic heterocycles. The van der Waals surface area contributed by atoms with Crippen LogP contribution < -0.4 is 9.47 Å². The lowest BCUT2D eigenvalue weighted by Crippen LogP contribution is -2.07. The third-order valence-corrected chi connectivity index (χ3v) is 1.63. The lowest BCUT2D eigenvalue weighted by atomic mass is 10.3. The molecule has 0 amide bonds. The highest BCUT2D eigenvalue weighted by Gasteiger charge is 2.01. The maximum absolute atomic E-state index is 8.54. The van der Waals surface area contributed by atoms with E-state index in [2.05, 4.69) is 0 Å². The second-order valence-corrected chi connectivity index (χ2v) is 2.79. The minimum Gasteiger partial charge on any atom is -0.494 e. The lowest BCUT2D eigenvalue weighted by molar-refractivity contribution is 0.275. The van der Waals surface area contributed by atoms with Gasteiger partial charge in [0.2, 0.25) is 0 Å². The largest absolute Gasteiger partial charge is 0.494 e. The van der Waals surface area contributed by atoms with E-state index in [-0.39, 0.29) is 0 Å². The summed E-state index contributed by atoms with van der Waals surface area (Å²) < 4.78 is 10.6. The molecule has 0 N–H and O–H groups in total. The molecule has 3 nitrogen and oxygen atoms in total.